The van der Waals surface area contributed by atoms with Crippen LogP contribution in [0.2, 0.25) is 5.02 Å². The van der Waals surface area contributed by atoms with Crippen LogP contribution in [0.4, 0.5) is 0 Å². The second-order valence-corrected chi connectivity index (χ2v) is 7.95. The molecule has 2 heterocycles. The SMILES string of the molecule is CC(=O)ON1CC(C)c2sccc2C1c1ccccc1Cl.O=S(=O)(O)O. The van der Waals surface area contributed by atoms with Gasteiger partial charge in [-0.05, 0) is 28.6 Å². The number of thiophene rings is 1. The van der Waals surface area contributed by atoms with E-state index in [1.165, 1.54) is 17.4 Å². The molecular formula is C16H18ClNO6S2. The molecule has 1 aromatic heterocycles. The predicted molar refractivity (Wildman–Crippen MR) is 98.7 cm³/mol. The van der Waals surface area contributed by atoms with Gasteiger partial charge in [-0.3, -0.25) is 13.9 Å². The van der Waals surface area contributed by atoms with Gasteiger partial charge in [0.05, 0.1) is 6.04 Å². The van der Waals surface area contributed by atoms with Crippen LogP contribution in [-0.4, -0.2) is 35.1 Å². The number of hydrogen-bond donors (Lipinski definition) is 2. The molecule has 26 heavy (non-hydrogen) atoms. The van der Waals surface area contributed by atoms with E-state index in [0.717, 1.165) is 5.56 Å². The Labute approximate surface area is 160 Å². The predicted octanol–water partition coefficient (Wildman–Crippen LogP) is 3.74. The molecule has 1 aliphatic rings. The molecule has 0 aliphatic carbocycles. The van der Waals surface area contributed by atoms with Crippen LogP contribution < -0.4 is 0 Å². The summed E-state index contributed by atoms with van der Waals surface area (Å²) in [4.78, 5) is 18.2. The zero-order chi connectivity index (χ0) is 19.5. The van der Waals surface area contributed by atoms with Crippen molar-refractivity contribution in [2.75, 3.05) is 6.54 Å². The van der Waals surface area contributed by atoms with Crippen molar-refractivity contribution >= 4 is 39.3 Å². The number of hydroxylamine groups is 2. The Kier molecular flexibility index (Phi) is 6.78. The summed E-state index contributed by atoms with van der Waals surface area (Å²) in [6, 6.07) is 9.67. The van der Waals surface area contributed by atoms with Gasteiger partial charge in [-0.15, -0.1) is 16.4 Å². The number of nitrogens with zero attached hydrogens (tertiary/aromatic N) is 1. The van der Waals surface area contributed by atoms with Gasteiger partial charge < -0.3 is 4.84 Å². The maximum absolute atomic E-state index is 11.4. The van der Waals surface area contributed by atoms with E-state index in [1.807, 2.05) is 24.3 Å². The number of fused-ring (bicyclic) bond motifs is 1. The molecule has 7 nitrogen and oxygen atoms in total. The van der Waals surface area contributed by atoms with Crippen molar-refractivity contribution in [2.45, 2.75) is 25.8 Å². The van der Waals surface area contributed by atoms with E-state index in [1.54, 1.807) is 16.4 Å². The molecule has 2 N–H and O–H groups in total. The summed E-state index contributed by atoms with van der Waals surface area (Å²) in [5.74, 6) is 0.0241. The standard InChI is InChI=1S/C16H16ClNO2S.H2O4S/c1-10-9-18(20-11(2)19)15(13-7-8-21-16(10)13)12-5-3-4-6-14(12)17;1-5(2,3)4/h3-8,10,15H,9H2,1-2H3;(H2,1,2,3,4). The number of rotatable bonds is 2. The molecule has 3 rings (SSSR count). The van der Waals surface area contributed by atoms with Gasteiger partial charge in [0.1, 0.15) is 0 Å². The van der Waals surface area contributed by atoms with Crippen LogP contribution in [-0.2, 0) is 20.0 Å². The molecule has 10 heteroatoms. The van der Waals surface area contributed by atoms with Crippen LogP contribution in [0.15, 0.2) is 35.7 Å². The third-order valence-corrected chi connectivity index (χ3v) is 5.17. The molecule has 142 valence electrons. The minimum atomic E-state index is -4.67. The smallest absolute Gasteiger partial charge is 0.367 e. The average Bonchev–Trinajstić information content (AvgIpc) is 2.96. The maximum Gasteiger partial charge on any atom is 0.394 e. The van der Waals surface area contributed by atoms with Crippen molar-refractivity contribution in [1.82, 2.24) is 5.06 Å². The van der Waals surface area contributed by atoms with Crippen LogP contribution in [0.1, 0.15) is 41.8 Å². The van der Waals surface area contributed by atoms with Crippen molar-refractivity contribution in [3.8, 4) is 0 Å². The van der Waals surface area contributed by atoms with Crippen molar-refractivity contribution in [3.05, 3.63) is 56.7 Å². The third-order valence-electron chi connectivity index (χ3n) is 3.66. The minimum absolute atomic E-state index is 0.139. The zero-order valence-corrected chi connectivity index (χ0v) is 16.4. The van der Waals surface area contributed by atoms with Crippen LogP contribution in [0.25, 0.3) is 0 Å². The molecule has 0 spiro atoms. The first-order valence-electron chi connectivity index (χ1n) is 7.54. The van der Waals surface area contributed by atoms with Crippen molar-refractivity contribution in [1.29, 1.82) is 0 Å². The summed E-state index contributed by atoms with van der Waals surface area (Å²) in [5, 5.41) is 4.53. The molecule has 2 atom stereocenters. The summed E-state index contributed by atoms with van der Waals surface area (Å²) in [6.07, 6.45) is 0. The maximum atomic E-state index is 11.4. The van der Waals surface area contributed by atoms with E-state index < -0.39 is 10.4 Å². The topological polar surface area (TPSA) is 104 Å². The molecule has 2 aromatic rings. The van der Waals surface area contributed by atoms with Crippen LogP contribution in [0.5, 0.6) is 0 Å². The number of hydrogen-bond acceptors (Lipinski definition) is 6. The molecule has 0 bridgehead atoms. The van der Waals surface area contributed by atoms with Gasteiger partial charge in [0.2, 0.25) is 0 Å². The molecule has 1 aliphatic heterocycles. The Morgan fingerprint density at radius 2 is 1.88 bits per heavy atom. The fourth-order valence-corrected chi connectivity index (χ4v) is 4.07. The second-order valence-electron chi connectivity index (χ2n) is 5.70. The highest BCUT2D eigenvalue weighted by Crippen LogP contribution is 2.44. The monoisotopic (exact) mass is 419 g/mol. The fourth-order valence-electron chi connectivity index (χ4n) is 2.85. The summed E-state index contributed by atoms with van der Waals surface area (Å²) in [7, 11) is -4.67. The fraction of sp³-hybridized carbons (Fsp3) is 0.312. The minimum Gasteiger partial charge on any atom is -0.367 e. The van der Waals surface area contributed by atoms with E-state index in [4.69, 9.17) is 34.0 Å². The van der Waals surface area contributed by atoms with E-state index in [2.05, 4.69) is 18.4 Å². The normalized spacial score (nSPS) is 19.9. The Balaban J connectivity index is 0.000000431. The summed E-state index contributed by atoms with van der Waals surface area (Å²) in [5.41, 5.74) is 2.14. The highest BCUT2D eigenvalue weighted by atomic mass is 35.5. The molecule has 0 saturated heterocycles. The number of carbonyl (C=O) groups excluding carboxylic acids is 1. The zero-order valence-electron chi connectivity index (χ0n) is 14.0. The Morgan fingerprint density at radius 1 is 1.27 bits per heavy atom. The second kappa shape index (κ2) is 8.47. The van der Waals surface area contributed by atoms with Crippen molar-refractivity contribution in [3.63, 3.8) is 0 Å². The first kappa shape index (κ1) is 20.8. The molecule has 0 saturated carbocycles. The lowest BCUT2D eigenvalue weighted by atomic mass is 9.90. The van der Waals surface area contributed by atoms with Crippen molar-refractivity contribution < 1.29 is 27.2 Å². The lowest BCUT2D eigenvalue weighted by molar-refractivity contribution is -0.199. The molecule has 0 radical (unpaired) electrons. The van der Waals surface area contributed by atoms with E-state index in [9.17, 15) is 4.79 Å². The lowest BCUT2D eigenvalue weighted by Crippen LogP contribution is -2.38. The average molecular weight is 420 g/mol. The quantitative estimate of drug-likeness (QED) is 0.714. The van der Waals surface area contributed by atoms with Gasteiger partial charge >= 0.3 is 16.4 Å². The Bertz CT molecular complexity index is 874. The van der Waals surface area contributed by atoms with Gasteiger partial charge in [-0.1, -0.05) is 36.7 Å². The molecule has 0 amide bonds. The molecule has 0 fully saturated rings. The van der Waals surface area contributed by atoms with Gasteiger partial charge in [-0.25, -0.2) is 0 Å². The first-order valence-corrected chi connectivity index (χ1v) is 10.2. The van der Waals surface area contributed by atoms with Crippen molar-refractivity contribution in [2.24, 2.45) is 0 Å². The highest BCUT2D eigenvalue weighted by Gasteiger charge is 2.36. The first-order chi connectivity index (χ1) is 12.1. The number of benzene rings is 1. The Morgan fingerprint density at radius 3 is 2.46 bits per heavy atom. The van der Waals surface area contributed by atoms with Gasteiger partial charge in [-0.2, -0.15) is 8.42 Å². The van der Waals surface area contributed by atoms with Gasteiger partial charge in [0.25, 0.3) is 0 Å². The third kappa shape index (κ3) is 5.50. The van der Waals surface area contributed by atoms with Gasteiger partial charge in [0.15, 0.2) is 0 Å². The number of carbonyl (C=O) groups is 1. The Hall–Kier alpha value is -1.49. The highest BCUT2D eigenvalue weighted by molar-refractivity contribution is 7.79. The van der Waals surface area contributed by atoms with Crippen LogP contribution in [0.3, 0.4) is 0 Å². The van der Waals surface area contributed by atoms with E-state index in [0.29, 0.717) is 17.5 Å². The van der Waals surface area contributed by atoms with Crippen LogP contribution >= 0.6 is 22.9 Å². The van der Waals surface area contributed by atoms with Crippen LogP contribution in [0, 0.1) is 0 Å². The summed E-state index contributed by atoms with van der Waals surface area (Å²) >= 11 is 8.11. The lowest BCUT2D eigenvalue weighted by Gasteiger charge is -2.37. The summed E-state index contributed by atoms with van der Waals surface area (Å²) in [6.45, 7) is 4.25. The molecule has 1 aromatic carbocycles. The number of halogens is 1. The molecular weight excluding hydrogens is 402 g/mol. The molecule has 2 unspecified atom stereocenters. The van der Waals surface area contributed by atoms with E-state index in [-0.39, 0.29) is 12.0 Å². The summed E-state index contributed by atoms with van der Waals surface area (Å²) < 4.78 is 31.6. The van der Waals surface area contributed by atoms with E-state index >= 15 is 0 Å². The largest absolute Gasteiger partial charge is 0.394 e. The van der Waals surface area contributed by atoms with Gasteiger partial charge in [0, 0.05) is 29.3 Å².